The van der Waals surface area contributed by atoms with Gasteiger partial charge in [0, 0.05) is 62.8 Å². The van der Waals surface area contributed by atoms with Crippen LogP contribution in [0.25, 0.3) is 16.5 Å². The molecule has 31 heavy (non-hydrogen) atoms. The summed E-state index contributed by atoms with van der Waals surface area (Å²) in [7, 11) is 4.08. The molecule has 1 amide bonds. The van der Waals surface area contributed by atoms with Crippen LogP contribution in [0.2, 0.25) is 0 Å². The summed E-state index contributed by atoms with van der Waals surface area (Å²) in [5, 5.41) is 5.61. The number of carbonyl (C=O) groups excluding carboxylic acids is 1. The number of likely N-dealkylation sites (N-methyl/N-ethyl adjacent to an activating group) is 1. The Morgan fingerprint density at radius 2 is 1.74 bits per heavy atom. The summed E-state index contributed by atoms with van der Waals surface area (Å²) in [6.45, 7) is 6.07. The van der Waals surface area contributed by atoms with Crippen molar-refractivity contribution in [1.29, 1.82) is 0 Å². The number of carbonyl (C=O) groups is 1. The van der Waals surface area contributed by atoms with Gasteiger partial charge in [-0.3, -0.25) is 14.4 Å². The summed E-state index contributed by atoms with van der Waals surface area (Å²) in [4.78, 5) is 19.7. The van der Waals surface area contributed by atoms with Gasteiger partial charge in [0.15, 0.2) is 0 Å². The lowest BCUT2D eigenvalue weighted by molar-refractivity contribution is -0.122. The van der Waals surface area contributed by atoms with Gasteiger partial charge in [-0.1, -0.05) is 12.2 Å². The van der Waals surface area contributed by atoms with Gasteiger partial charge in [0.2, 0.25) is 0 Å². The second-order valence-electron chi connectivity index (χ2n) is 8.47. The van der Waals surface area contributed by atoms with Crippen molar-refractivity contribution in [1.82, 2.24) is 24.5 Å². The fraction of sp³-hybridized carbons (Fsp3) is 0.280. The van der Waals surface area contributed by atoms with E-state index in [1.807, 2.05) is 48.4 Å². The van der Waals surface area contributed by atoms with Crippen LogP contribution in [-0.4, -0.2) is 63.6 Å². The maximum absolute atomic E-state index is 13.3. The second kappa shape index (κ2) is 7.71. The first-order chi connectivity index (χ1) is 15.0. The zero-order chi connectivity index (χ0) is 21.5. The van der Waals surface area contributed by atoms with Gasteiger partial charge in [0.1, 0.15) is 0 Å². The van der Waals surface area contributed by atoms with Crippen molar-refractivity contribution >= 4 is 22.4 Å². The van der Waals surface area contributed by atoms with E-state index in [2.05, 4.69) is 47.1 Å². The van der Waals surface area contributed by atoms with E-state index in [-0.39, 0.29) is 5.91 Å². The predicted molar refractivity (Wildman–Crippen MR) is 124 cm³/mol. The lowest BCUT2D eigenvalue weighted by Crippen LogP contribution is -2.44. The first kappa shape index (κ1) is 19.6. The molecule has 0 spiro atoms. The number of rotatable bonds is 2. The van der Waals surface area contributed by atoms with Gasteiger partial charge in [0.25, 0.3) is 5.91 Å². The Balaban J connectivity index is 1.48. The summed E-state index contributed by atoms with van der Waals surface area (Å²) < 4.78 is 1.83. The lowest BCUT2D eigenvalue weighted by atomic mass is 9.99. The predicted octanol–water partition coefficient (Wildman–Crippen LogP) is 3.21. The summed E-state index contributed by atoms with van der Waals surface area (Å²) in [5.74, 6) is -0.0366. The Bertz CT molecular complexity index is 1200. The van der Waals surface area contributed by atoms with E-state index in [0.717, 1.165) is 65.2 Å². The van der Waals surface area contributed by atoms with Crippen LogP contribution in [0, 0.1) is 6.92 Å². The molecule has 0 N–H and O–H groups in total. The fourth-order valence-electron chi connectivity index (χ4n) is 4.36. The number of hydrogen-bond acceptors (Lipinski definition) is 4. The highest BCUT2D eigenvalue weighted by atomic mass is 16.2. The number of nitrogens with zero attached hydrogens (tertiary/aromatic N) is 5. The van der Waals surface area contributed by atoms with Gasteiger partial charge in [-0.05, 0) is 61.0 Å². The molecule has 1 aromatic heterocycles. The van der Waals surface area contributed by atoms with Crippen LogP contribution in [0.4, 0.5) is 0 Å². The minimum Gasteiger partial charge on any atom is -0.368 e. The molecule has 2 aromatic rings. The smallest absolute Gasteiger partial charge is 0.255 e. The summed E-state index contributed by atoms with van der Waals surface area (Å²) >= 11 is 0. The monoisotopic (exact) mass is 413 g/mol. The van der Waals surface area contributed by atoms with Crippen molar-refractivity contribution in [3.63, 3.8) is 0 Å². The number of hydrogen-bond donors (Lipinski definition) is 0. The number of benzene rings is 1. The molecule has 6 heteroatoms. The molecule has 6 nitrogen and oxygen atoms in total. The van der Waals surface area contributed by atoms with Gasteiger partial charge >= 0.3 is 0 Å². The van der Waals surface area contributed by atoms with Crippen molar-refractivity contribution in [2.75, 3.05) is 33.2 Å². The third kappa shape index (κ3) is 3.75. The molecule has 0 saturated carbocycles. The fourth-order valence-corrected chi connectivity index (χ4v) is 4.36. The SMILES string of the molecule is Cc1cc(C2=C\C(=O)N3C=C(N4CCN(C)CC4)C=C\C3=C/C=C/2)cc2cn(C)nc12. The molecule has 0 unspecified atom stereocenters. The van der Waals surface area contributed by atoms with Crippen molar-refractivity contribution in [3.05, 3.63) is 83.5 Å². The second-order valence-corrected chi connectivity index (χ2v) is 8.47. The molecule has 3 aliphatic heterocycles. The Hall–Kier alpha value is -3.38. The van der Waals surface area contributed by atoms with Crippen LogP contribution < -0.4 is 0 Å². The molecule has 1 fully saturated rings. The highest BCUT2D eigenvalue weighted by Gasteiger charge is 2.22. The van der Waals surface area contributed by atoms with Gasteiger partial charge < -0.3 is 9.80 Å². The maximum Gasteiger partial charge on any atom is 0.255 e. The van der Waals surface area contributed by atoms with Gasteiger partial charge in [0.05, 0.1) is 11.2 Å². The van der Waals surface area contributed by atoms with Crippen LogP contribution >= 0.6 is 0 Å². The molecule has 0 aliphatic carbocycles. The molecule has 1 saturated heterocycles. The number of aryl methyl sites for hydroxylation is 2. The first-order valence-corrected chi connectivity index (χ1v) is 10.7. The molecule has 0 atom stereocenters. The number of amides is 1. The zero-order valence-electron chi connectivity index (χ0n) is 18.2. The van der Waals surface area contributed by atoms with Crippen molar-refractivity contribution in [3.8, 4) is 0 Å². The molecule has 3 aliphatic rings. The van der Waals surface area contributed by atoms with E-state index in [1.54, 1.807) is 11.0 Å². The first-order valence-electron chi connectivity index (χ1n) is 10.7. The van der Waals surface area contributed by atoms with E-state index in [9.17, 15) is 4.79 Å². The van der Waals surface area contributed by atoms with Gasteiger partial charge in [-0.25, -0.2) is 0 Å². The van der Waals surface area contributed by atoms with E-state index in [4.69, 9.17) is 0 Å². The average molecular weight is 414 g/mol. The summed E-state index contributed by atoms with van der Waals surface area (Å²) in [6, 6.07) is 4.21. The Morgan fingerprint density at radius 3 is 2.55 bits per heavy atom. The summed E-state index contributed by atoms with van der Waals surface area (Å²) in [6.07, 6.45) is 15.9. The Morgan fingerprint density at radius 1 is 0.968 bits per heavy atom. The van der Waals surface area contributed by atoms with Crippen molar-refractivity contribution in [2.45, 2.75) is 6.92 Å². The number of piperazine rings is 1. The maximum atomic E-state index is 13.3. The number of fused-ring (bicyclic) bond motifs is 2. The normalized spacial score (nSPS) is 24.1. The van der Waals surface area contributed by atoms with E-state index in [1.165, 1.54) is 0 Å². The molecule has 0 radical (unpaired) electrons. The molecule has 158 valence electrons. The Kier molecular flexibility index (Phi) is 4.87. The largest absolute Gasteiger partial charge is 0.368 e. The third-order valence-electron chi connectivity index (χ3n) is 6.14. The lowest BCUT2D eigenvalue weighted by Gasteiger charge is -2.36. The highest BCUT2D eigenvalue weighted by molar-refractivity contribution is 6.01. The topological polar surface area (TPSA) is 44.6 Å². The third-order valence-corrected chi connectivity index (χ3v) is 6.14. The van der Waals surface area contributed by atoms with E-state index >= 15 is 0 Å². The molecule has 5 rings (SSSR count). The summed E-state index contributed by atoms with van der Waals surface area (Å²) in [5.41, 5.74) is 6.00. The van der Waals surface area contributed by atoms with Crippen molar-refractivity contribution in [2.24, 2.45) is 7.05 Å². The molecular formula is C25H27N5O. The molecule has 0 bridgehead atoms. The van der Waals surface area contributed by atoms with Crippen LogP contribution in [0.3, 0.4) is 0 Å². The standard InChI is InChI=1S/C25H27N5O/c1-18-13-20(14-21-16-28(3)26-25(18)21)19-5-4-6-22-7-8-23(17-30(22)24(31)15-19)29-11-9-27(2)10-12-29/h4-8,13-17H,9-12H2,1-3H3/b5-4+,19-15+,22-6+. The van der Waals surface area contributed by atoms with Crippen LogP contribution in [0.15, 0.2) is 72.4 Å². The highest BCUT2D eigenvalue weighted by Crippen LogP contribution is 2.28. The minimum absolute atomic E-state index is 0.0366. The van der Waals surface area contributed by atoms with Gasteiger partial charge in [-0.15, -0.1) is 0 Å². The van der Waals surface area contributed by atoms with E-state index < -0.39 is 0 Å². The van der Waals surface area contributed by atoms with Crippen LogP contribution in [0.1, 0.15) is 11.1 Å². The van der Waals surface area contributed by atoms with Crippen molar-refractivity contribution < 1.29 is 4.79 Å². The molecule has 1 aromatic carbocycles. The zero-order valence-corrected chi connectivity index (χ0v) is 18.2. The average Bonchev–Trinajstić information content (AvgIpc) is 3.13. The van der Waals surface area contributed by atoms with Crippen LogP contribution in [-0.2, 0) is 11.8 Å². The minimum atomic E-state index is -0.0366. The molecular weight excluding hydrogens is 386 g/mol. The Labute approximate surface area is 182 Å². The van der Waals surface area contributed by atoms with Crippen LogP contribution in [0.5, 0.6) is 0 Å². The quantitative estimate of drug-likeness (QED) is 0.759. The van der Waals surface area contributed by atoms with E-state index in [0.29, 0.717) is 0 Å². The molecule has 4 heterocycles. The van der Waals surface area contributed by atoms with Gasteiger partial charge in [-0.2, -0.15) is 5.10 Å². The number of allylic oxidation sites excluding steroid dienone is 6. The number of aromatic nitrogens is 2.